The molecule has 2 aliphatic rings. The molecule has 4 amide bonds. The highest BCUT2D eigenvalue weighted by atomic mass is 16.2. The average molecular weight is 373 g/mol. The third kappa shape index (κ3) is 5.37. The molecule has 6 heteroatoms. The summed E-state index contributed by atoms with van der Waals surface area (Å²) >= 11 is 0. The molecule has 1 aromatic rings. The lowest BCUT2D eigenvalue weighted by atomic mass is 9.96. The summed E-state index contributed by atoms with van der Waals surface area (Å²) in [5, 5.41) is 5.99. The van der Waals surface area contributed by atoms with Gasteiger partial charge < -0.3 is 20.4 Å². The van der Waals surface area contributed by atoms with Crippen LogP contribution in [0.25, 0.3) is 0 Å². The molecule has 27 heavy (non-hydrogen) atoms. The van der Waals surface area contributed by atoms with Crippen LogP contribution in [0.4, 0.5) is 9.59 Å². The van der Waals surface area contributed by atoms with Crippen molar-refractivity contribution in [1.29, 1.82) is 0 Å². The van der Waals surface area contributed by atoms with Crippen molar-refractivity contribution in [3.63, 3.8) is 0 Å². The van der Waals surface area contributed by atoms with E-state index in [0.29, 0.717) is 5.92 Å². The molecule has 0 spiro atoms. The van der Waals surface area contributed by atoms with Crippen LogP contribution in [0.5, 0.6) is 0 Å². The van der Waals surface area contributed by atoms with Crippen molar-refractivity contribution >= 4 is 12.1 Å². The number of hydrogen-bond donors (Lipinski definition) is 2. The number of benzene rings is 1. The van der Waals surface area contributed by atoms with Crippen LogP contribution in [0.15, 0.2) is 18.2 Å². The fraction of sp³-hybridized carbons (Fsp3) is 0.619. The number of piperidine rings is 1. The van der Waals surface area contributed by atoms with Crippen LogP contribution in [-0.2, 0) is 6.42 Å². The molecule has 148 valence electrons. The Morgan fingerprint density at radius 1 is 1.19 bits per heavy atom. The maximum Gasteiger partial charge on any atom is 0.317 e. The van der Waals surface area contributed by atoms with Crippen molar-refractivity contribution in [2.75, 3.05) is 32.7 Å². The Kier molecular flexibility index (Phi) is 6.24. The Bertz CT molecular complexity index is 663. The number of aryl methyl sites for hydroxylation is 2. The summed E-state index contributed by atoms with van der Waals surface area (Å²) in [6, 6.07) is 6.73. The highest BCUT2D eigenvalue weighted by Crippen LogP contribution is 2.19. The largest absolute Gasteiger partial charge is 0.336 e. The summed E-state index contributed by atoms with van der Waals surface area (Å²) in [4.78, 5) is 28.1. The van der Waals surface area contributed by atoms with Gasteiger partial charge in [0.1, 0.15) is 0 Å². The molecule has 0 bridgehead atoms. The summed E-state index contributed by atoms with van der Waals surface area (Å²) in [6.45, 7) is 10.2. The van der Waals surface area contributed by atoms with Crippen LogP contribution in [0, 0.1) is 19.8 Å². The molecule has 2 N–H and O–H groups in total. The summed E-state index contributed by atoms with van der Waals surface area (Å²) in [5.74, 6) is 0.491. The van der Waals surface area contributed by atoms with Gasteiger partial charge in [-0.15, -0.1) is 0 Å². The van der Waals surface area contributed by atoms with Gasteiger partial charge in [0, 0.05) is 38.8 Å². The maximum atomic E-state index is 12.6. The maximum absolute atomic E-state index is 12.6. The molecule has 2 saturated heterocycles. The Balaban J connectivity index is 1.42. The molecule has 2 heterocycles. The van der Waals surface area contributed by atoms with Crippen molar-refractivity contribution < 1.29 is 9.59 Å². The second-order valence-corrected chi connectivity index (χ2v) is 8.16. The van der Waals surface area contributed by atoms with E-state index in [0.717, 1.165) is 52.0 Å². The lowest BCUT2D eigenvalue weighted by Crippen LogP contribution is -2.48. The SMILES string of the molecule is Cc1cc(C)cc(CC(C)NC(=O)N2CCC(CN3CCNC3=O)CC2)c1. The van der Waals surface area contributed by atoms with Crippen LogP contribution in [0.1, 0.15) is 36.5 Å². The number of carbonyl (C=O) groups is 2. The molecule has 2 aliphatic heterocycles. The van der Waals surface area contributed by atoms with E-state index in [9.17, 15) is 9.59 Å². The fourth-order valence-corrected chi connectivity index (χ4v) is 4.21. The number of nitrogens with zero attached hydrogens (tertiary/aromatic N) is 2. The van der Waals surface area contributed by atoms with Gasteiger partial charge in [-0.3, -0.25) is 0 Å². The predicted molar refractivity (Wildman–Crippen MR) is 107 cm³/mol. The minimum absolute atomic E-state index is 0.0317. The van der Waals surface area contributed by atoms with E-state index in [-0.39, 0.29) is 18.1 Å². The summed E-state index contributed by atoms with van der Waals surface area (Å²) in [7, 11) is 0. The third-order valence-electron chi connectivity index (χ3n) is 5.52. The summed E-state index contributed by atoms with van der Waals surface area (Å²) in [6.07, 6.45) is 2.76. The van der Waals surface area contributed by atoms with Crippen LogP contribution >= 0.6 is 0 Å². The molecule has 1 unspecified atom stereocenters. The molecular formula is C21H32N4O2. The van der Waals surface area contributed by atoms with Gasteiger partial charge in [-0.25, -0.2) is 9.59 Å². The molecule has 2 fully saturated rings. The monoisotopic (exact) mass is 372 g/mol. The number of urea groups is 2. The highest BCUT2D eigenvalue weighted by molar-refractivity contribution is 5.76. The van der Waals surface area contributed by atoms with Crippen LogP contribution in [0.2, 0.25) is 0 Å². The topological polar surface area (TPSA) is 64.7 Å². The smallest absolute Gasteiger partial charge is 0.317 e. The standard InChI is InChI=1S/C21H32N4O2/c1-15-10-16(2)12-19(11-15)13-17(3)23-21(27)24-7-4-18(5-8-24)14-25-9-6-22-20(25)26/h10-12,17-18H,4-9,13-14H2,1-3H3,(H,22,26)(H,23,27). The number of rotatable bonds is 5. The van der Waals surface area contributed by atoms with Gasteiger partial charge in [-0.2, -0.15) is 0 Å². The minimum Gasteiger partial charge on any atom is -0.336 e. The van der Waals surface area contributed by atoms with Crippen LogP contribution < -0.4 is 10.6 Å². The van der Waals surface area contributed by atoms with Gasteiger partial charge in [0.05, 0.1) is 0 Å². The normalized spacial score (nSPS) is 19.1. The van der Waals surface area contributed by atoms with Gasteiger partial charge in [-0.1, -0.05) is 29.3 Å². The number of amides is 4. The second-order valence-electron chi connectivity index (χ2n) is 8.16. The molecule has 1 aromatic carbocycles. The van der Waals surface area contributed by atoms with Crippen molar-refractivity contribution in [1.82, 2.24) is 20.4 Å². The number of likely N-dealkylation sites (tertiary alicyclic amines) is 1. The first-order valence-corrected chi connectivity index (χ1v) is 10.1. The first-order chi connectivity index (χ1) is 12.9. The van der Waals surface area contributed by atoms with Crippen molar-refractivity contribution in [2.45, 2.75) is 46.1 Å². The first-order valence-electron chi connectivity index (χ1n) is 10.1. The molecule has 0 radical (unpaired) electrons. The van der Waals surface area contributed by atoms with E-state index < -0.39 is 0 Å². The Morgan fingerprint density at radius 2 is 1.85 bits per heavy atom. The molecular weight excluding hydrogens is 340 g/mol. The van der Waals surface area contributed by atoms with Gasteiger partial charge >= 0.3 is 12.1 Å². The quantitative estimate of drug-likeness (QED) is 0.835. The molecule has 1 atom stereocenters. The van der Waals surface area contributed by atoms with Crippen LogP contribution in [0.3, 0.4) is 0 Å². The number of hydrogen-bond acceptors (Lipinski definition) is 2. The summed E-state index contributed by atoms with van der Waals surface area (Å²) < 4.78 is 0. The third-order valence-corrected chi connectivity index (χ3v) is 5.52. The van der Waals surface area contributed by atoms with Gasteiger partial charge in [0.15, 0.2) is 0 Å². The molecule has 6 nitrogen and oxygen atoms in total. The van der Waals surface area contributed by atoms with Gasteiger partial charge in [0.2, 0.25) is 0 Å². The lowest BCUT2D eigenvalue weighted by Gasteiger charge is -2.34. The zero-order chi connectivity index (χ0) is 19.4. The zero-order valence-corrected chi connectivity index (χ0v) is 16.8. The van der Waals surface area contributed by atoms with E-state index in [1.807, 2.05) is 9.80 Å². The predicted octanol–water partition coefficient (Wildman–Crippen LogP) is 2.68. The van der Waals surface area contributed by atoms with E-state index in [4.69, 9.17) is 0 Å². The van der Waals surface area contributed by atoms with Crippen molar-refractivity contribution in [3.8, 4) is 0 Å². The van der Waals surface area contributed by atoms with E-state index >= 15 is 0 Å². The average Bonchev–Trinajstić information content (AvgIpc) is 2.99. The Labute approximate surface area is 162 Å². The number of nitrogens with one attached hydrogen (secondary N) is 2. The van der Waals surface area contributed by atoms with E-state index in [2.05, 4.69) is 49.6 Å². The second kappa shape index (κ2) is 8.63. The van der Waals surface area contributed by atoms with E-state index in [1.165, 1.54) is 16.7 Å². The fourth-order valence-electron chi connectivity index (χ4n) is 4.21. The van der Waals surface area contributed by atoms with Crippen LogP contribution in [-0.4, -0.2) is 60.6 Å². The summed E-state index contributed by atoms with van der Waals surface area (Å²) in [5.41, 5.74) is 3.79. The zero-order valence-electron chi connectivity index (χ0n) is 16.8. The number of carbonyl (C=O) groups excluding carboxylic acids is 2. The van der Waals surface area contributed by atoms with Gasteiger partial charge in [-0.05, 0) is 51.5 Å². The molecule has 0 aromatic heterocycles. The molecule has 0 aliphatic carbocycles. The highest BCUT2D eigenvalue weighted by Gasteiger charge is 2.28. The minimum atomic E-state index is 0.0317. The Morgan fingerprint density at radius 3 is 2.44 bits per heavy atom. The van der Waals surface area contributed by atoms with Gasteiger partial charge in [0.25, 0.3) is 0 Å². The Hall–Kier alpha value is -2.24. The first kappa shape index (κ1) is 19.5. The van der Waals surface area contributed by atoms with Crippen molar-refractivity contribution in [3.05, 3.63) is 34.9 Å². The lowest BCUT2D eigenvalue weighted by molar-refractivity contribution is 0.153. The van der Waals surface area contributed by atoms with Crippen molar-refractivity contribution in [2.24, 2.45) is 5.92 Å². The van der Waals surface area contributed by atoms with E-state index in [1.54, 1.807) is 0 Å². The molecule has 0 saturated carbocycles. The molecule has 3 rings (SSSR count).